The van der Waals surface area contributed by atoms with Crippen molar-refractivity contribution in [3.63, 3.8) is 0 Å². The van der Waals surface area contributed by atoms with Crippen LogP contribution in [0.25, 0.3) is 0 Å². The fourth-order valence-electron chi connectivity index (χ4n) is 0.850. The number of aliphatic hydroxyl groups is 1. The molecule has 6 nitrogen and oxygen atoms in total. The lowest BCUT2D eigenvalue weighted by atomic mass is 9.97. The highest BCUT2D eigenvalue weighted by Gasteiger charge is 2.24. The zero-order chi connectivity index (χ0) is 9.72. The molecule has 0 aliphatic rings. The van der Waals surface area contributed by atoms with Gasteiger partial charge in [0.25, 0.3) is 0 Å². The monoisotopic (exact) mass is 177 g/mol. The van der Waals surface area contributed by atoms with E-state index in [1.54, 1.807) is 0 Å². The van der Waals surface area contributed by atoms with Crippen LogP contribution in [0, 0.1) is 0 Å². The molecule has 0 bridgehead atoms. The molecule has 0 aliphatic heterocycles. The van der Waals surface area contributed by atoms with E-state index in [9.17, 15) is 0 Å². The molecule has 0 heterocycles. The summed E-state index contributed by atoms with van der Waals surface area (Å²) in [4.78, 5) is 0. The Balaban J connectivity index is 3.99. The molecule has 4 atom stereocenters. The Bertz CT molecular complexity index is 109. The fraction of sp³-hybridized carbons (Fsp3) is 1.00. The Hall–Kier alpha value is -0.240. The molecule has 0 spiro atoms. The topological polar surface area (TPSA) is 150 Å². The number of aliphatic hydroxyl groups excluding tert-OH is 1. The zero-order valence-corrected chi connectivity index (χ0v) is 7.06. The van der Waals surface area contributed by atoms with Crippen LogP contribution in [-0.4, -0.2) is 42.4 Å². The van der Waals surface area contributed by atoms with Crippen molar-refractivity contribution in [2.75, 3.05) is 13.2 Å². The van der Waals surface area contributed by atoms with E-state index in [0.717, 1.165) is 0 Å². The highest BCUT2D eigenvalue weighted by molar-refractivity contribution is 4.91. The Morgan fingerprint density at radius 1 is 0.917 bits per heavy atom. The average Bonchev–Trinajstić information content (AvgIpc) is 2.12. The Kier molecular flexibility index (Phi) is 5.31. The largest absolute Gasteiger partial charge is 0.395 e. The van der Waals surface area contributed by atoms with Gasteiger partial charge in [0.2, 0.25) is 0 Å². The molecule has 0 saturated carbocycles. The van der Waals surface area contributed by atoms with Gasteiger partial charge in [-0.2, -0.15) is 0 Å². The smallest absolute Gasteiger partial charge is 0.0598 e. The second-order valence-corrected chi connectivity index (χ2v) is 2.90. The highest BCUT2D eigenvalue weighted by Crippen LogP contribution is 1.95. The van der Waals surface area contributed by atoms with Gasteiger partial charge in [-0.05, 0) is 0 Å². The van der Waals surface area contributed by atoms with Gasteiger partial charge in [-0.25, -0.2) is 0 Å². The maximum atomic E-state index is 8.68. The SMILES string of the molecule is NCC(N)C(N)C(N)C(N)CO. The van der Waals surface area contributed by atoms with E-state index in [1.165, 1.54) is 0 Å². The van der Waals surface area contributed by atoms with Gasteiger partial charge in [-0.15, -0.1) is 0 Å². The molecule has 6 heteroatoms. The predicted molar refractivity (Wildman–Crippen MR) is 48.0 cm³/mol. The molecule has 0 fully saturated rings. The number of nitrogens with two attached hydrogens (primary N) is 5. The third-order valence-electron chi connectivity index (χ3n) is 1.92. The van der Waals surface area contributed by atoms with Crippen LogP contribution in [0.1, 0.15) is 0 Å². The van der Waals surface area contributed by atoms with Gasteiger partial charge < -0.3 is 33.8 Å². The third-order valence-corrected chi connectivity index (χ3v) is 1.92. The van der Waals surface area contributed by atoms with Crippen molar-refractivity contribution in [2.24, 2.45) is 28.7 Å². The first-order chi connectivity index (χ1) is 5.54. The molecule has 0 aromatic rings. The zero-order valence-electron chi connectivity index (χ0n) is 7.06. The molecule has 74 valence electrons. The van der Waals surface area contributed by atoms with Crippen molar-refractivity contribution in [1.29, 1.82) is 0 Å². The standard InChI is InChI=1S/C6H19N5O/c7-1-3(8)5(10)6(11)4(9)2-12/h3-6,12H,1-2,7-11H2. The molecule has 12 heavy (non-hydrogen) atoms. The lowest BCUT2D eigenvalue weighted by molar-refractivity contribution is 0.234. The summed E-state index contributed by atoms with van der Waals surface area (Å²) in [7, 11) is 0. The van der Waals surface area contributed by atoms with Crippen LogP contribution in [-0.2, 0) is 0 Å². The number of hydrogen-bond acceptors (Lipinski definition) is 6. The summed E-state index contributed by atoms with van der Waals surface area (Å²) in [5.74, 6) is 0. The van der Waals surface area contributed by atoms with E-state index in [0.29, 0.717) is 0 Å². The minimum absolute atomic E-state index is 0.202. The van der Waals surface area contributed by atoms with Crippen molar-refractivity contribution >= 4 is 0 Å². The lowest BCUT2D eigenvalue weighted by Crippen LogP contribution is -2.62. The second kappa shape index (κ2) is 5.41. The third kappa shape index (κ3) is 3.02. The quantitative estimate of drug-likeness (QED) is 0.254. The van der Waals surface area contributed by atoms with E-state index < -0.39 is 18.1 Å². The molecule has 0 aliphatic carbocycles. The van der Waals surface area contributed by atoms with E-state index >= 15 is 0 Å². The first-order valence-corrected chi connectivity index (χ1v) is 3.87. The summed E-state index contributed by atoms with van der Waals surface area (Å²) in [6.07, 6.45) is 0. The first-order valence-electron chi connectivity index (χ1n) is 3.87. The van der Waals surface area contributed by atoms with Crippen LogP contribution >= 0.6 is 0 Å². The van der Waals surface area contributed by atoms with E-state index in [-0.39, 0.29) is 19.2 Å². The Morgan fingerprint density at radius 2 is 1.33 bits per heavy atom. The van der Waals surface area contributed by atoms with Crippen molar-refractivity contribution < 1.29 is 5.11 Å². The van der Waals surface area contributed by atoms with Crippen molar-refractivity contribution in [3.8, 4) is 0 Å². The van der Waals surface area contributed by atoms with Gasteiger partial charge in [0, 0.05) is 30.7 Å². The van der Waals surface area contributed by atoms with Gasteiger partial charge in [0.1, 0.15) is 0 Å². The number of hydrogen-bond donors (Lipinski definition) is 6. The Labute approximate surface area is 72.1 Å². The van der Waals surface area contributed by atoms with Gasteiger partial charge in [0.05, 0.1) is 6.61 Å². The molecule has 11 N–H and O–H groups in total. The summed E-state index contributed by atoms with van der Waals surface area (Å²) in [5.41, 5.74) is 27.5. The molecular weight excluding hydrogens is 158 g/mol. The molecule has 4 unspecified atom stereocenters. The van der Waals surface area contributed by atoms with Crippen LogP contribution in [0.15, 0.2) is 0 Å². The molecule has 0 rings (SSSR count). The van der Waals surface area contributed by atoms with Crippen LogP contribution in [0.2, 0.25) is 0 Å². The summed E-state index contributed by atoms with van der Waals surface area (Å²) in [6, 6.07) is -1.92. The van der Waals surface area contributed by atoms with Crippen molar-refractivity contribution in [2.45, 2.75) is 24.2 Å². The van der Waals surface area contributed by atoms with Crippen molar-refractivity contribution in [3.05, 3.63) is 0 Å². The maximum Gasteiger partial charge on any atom is 0.0598 e. The molecule has 0 aromatic carbocycles. The van der Waals surface area contributed by atoms with Gasteiger partial charge in [-0.1, -0.05) is 0 Å². The Morgan fingerprint density at radius 3 is 1.67 bits per heavy atom. The summed E-state index contributed by atoms with van der Waals surface area (Å²) in [6.45, 7) is 0.0547. The average molecular weight is 177 g/mol. The highest BCUT2D eigenvalue weighted by atomic mass is 16.3. The van der Waals surface area contributed by atoms with E-state index in [4.69, 9.17) is 33.8 Å². The van der Waals surface area contributed by atoms with Crippen molar-refractivity contribution in [1.82, 2.24) is 0 Å². The first kappa shape index (κ1) is 11.8. The predicted octanol–water partition coefficient (Wildman–Crippen LogP) is -3.75. The van der Waals surface area contributed by atoms with Crippen LogP contribution in [0.5, 0.6) is 0 Å². The van der Waals surface area contributed by atoms with Crippen LogP contribution < -0.4 is 28.7 Å². The normalized spacial score (nSPS) is 21.5. The van der Waals surface area contributed by atoms with E-state index in [1.807, 2.05) is 0 Å². The lowest BCUT2D eigenvalue weighted by Gasteiger charge is -2.28. The number of rotatable bonds is 5. The van der Waals surface area contributed by atoms with Gasteiger partial charge >= 0.3 is 0 Å². The van der Waals surface area contributed by atoms with E-state index in [2.05, 4.69) is 0 Å². The molecule has 0 saturated heterocycles. The van der Waals surface area contributed by atoms with Gasteiger partial charge in [-0.3, -0.25) is 0 Å². The van der Waals surface area contributed by atoms with Gasteiger partial charge in [0.15, 0.2) is 0 Å². The summed E-state index contributed by atoms with van der Waals surface area (Å²) >= 11 is 0. The maximum absolute atomic E-state index is 8.68. The molecule has 0 amide bonds. The minimum atomic E-state index is -0.544. The van der Waals surface area contributed by atoms with Crippen LogP contribution in [0.4, 0.5) is 0 Å². The molecule has 0 radical (unpaired) electrons. The molecular formula is C6H19N5O. The fourth-order valence-corrected chi connectivity index (χ4v) is 0.850. The summed E-state index contributed by atoms with van der Waals surface area (Å²) < 4.78 is 0. The molecule has 0 aromatic heterocycles. The van der Waals surface area contributed by atoms with Crippen LogP contribution in [0.3, 0.4) is 0 Å². The summed E-state index contributed by atoms with van der Waals surface area (Å²) in [5, 5.41) is 8.68. The minimum Gasteiger partial charge on any atom is -0.395 e. The second-order valence-electron chi connectivity index (χ2n) is 2.90.